The van der Waals surface area contributed by atoms with Crippen LogP contribution in [0.3, 0.4) is 0 Å². The van der Waals surface area contributed by atoms with Crippen molar-refractivity contribution < 1.29 is 15.0 Å². The minimum Gasteiger partial charge on any atom is -0.506 e. The van der Waals surface area contributed by atoms with Crippen molar-refractivity contribution in [1.29, 1.82) is 0 Å². The summed E-state index contributed by atoms with van der Waals surface area (Å²) < 4.78 is 0. The molecule has 0 saturated heterocycles. The Hall–Kier alpha value is -4.77. The highest BCUT2D eigenvalue weighted by atomic mass is 16.3. The van der Waals surface area contributed by atoms with Crippen molar-refractivity contribution in [2.24, 2.45) is 0 Å². The fraction of sp³-hybridized carbons (Fsp3) is 0.171. The lowest BCUT2D eigenvalue weighted by Gasteiger charge is -2.22. The number of rotatable bonds is 2. The smallest absolute Gasteiger partial charge is 0.231 e. The minimum atomic E-state index is -0.589. The molecule has 4 aromatic rings. The molecule has 0 atom stereocenters. The van der Waals surface area contributed by atoms with Crippen molar-refractivity contribution in [3.05, 3.63) is 130 Å². The zero-order chi connectivity index (χ0) is 28.0. The number of ketones is 1. The van der Waals surface area contributed by atoms with Crippen molar-refractivity contribution in [3.63, 3.8) is 0 Å². The van der Waals surface area contributed by atoms with Crippen LogP contribution in [0.5, 0.6) is 0 Å². The number of nitrogens with one attached hydrogen (secondary N) is 2. The van der Waals surface area contributed by atoms with E-state index in [-0.39, 0.29) is 16.9 Å². The van der Waals surface area contributed by atoms with Crippen molar-refractivity contribution in [2.75, 3.05) is 10.6 Å². The largest absolute Gasteiger partial charge is 0.506 e. The SMILES string of the molecule is CC1(C)/C(=C/C2=C(O)C(/C=C3\Nc4ccc5ccccc5c4C3(C)C)=C(O)C2=O)Nc2ccc3ccccc3c21. The van der Waals surface area contributed by atoms with E-state index in [1.807, 2.05) is 30.3 Å². The molecule has 0 spiro atoms. The molecule has 2 heterocycles. The molecule has 3 aliphatic rings. The number of aliphatic hydroxyl groups is 2. The molecule has 198 valence electrons. The summed E-state index contributed by atoms with van der Waals surface area (Å²) >= 11 is 0. The second-order valence-electron chi connectivity index (χ2n) is 11.9. The Morgan fingerprint density at radius 3 is 1.55 bits per heavy atom. The van der Waals surface area contributed by atoms with Gasteiger partial charge in [-0.1, -0.05) is 88.4 Å². The van der Waals surface area contributed by atoms with Crippen molar-refractivity contribution in [1.82, 2.24) is 0 Å². The summed E-state index contributed by atoms with van der Waals surface area (Å²) in [6.45, 7) is 8.41. The number of hydrogen-bond donors (Lipinski definition) is 4. The fourth-order valence-corrected chi connectivity index (χ4v) is 6.58. The molecule has 0 radical (unpaired) electrons. The summed E-state index contributed by atoms with van der Waals surface area (Å²) in [6, 6.07) is 24.7. The van der Waals surface area contributed by atoms with E-state index in [4.69, 9.17) is 0 Å². The van der Waals surface area contributed by atoms with E-state index in [1.54, 1.807) is 12.2 Å². The van der Waals surface area contributed by atoms with Crippen molar-refractivity contribution >= 4 is 38.7 Å². The first-order chi connectivity index (χ1) is 19.1. The molecule has 4 N–H and O–H groups in total. The lowest BCUT2D eigenvalue weighted by Crippen LogP contribution is -2.18. The van der Waals surface area contributed by atoms with Crippen LogP contribution in [0.25, 0.3) is 21.5 Å². The molecular weight excluding hydrogens is 496 g/mol. The normalized spacial score (nSPS) is 20.9. The summed E-state index contributed by atoms with van der Waals surface area (Å²) in [4.78, 5) is 13.3. The molecule has 4 aromatic carbocycles. The van der Waals surface area contributed by atoms with Gasteiger partial charge in [-0.25, -0.2) is 0 Å². The highest BCUT2D eigenvalue weighted by Gasteiger charge is 2.41. The van der Waals surface area contributed by atoms with E-state index in [0.717, 1.165) is 55.4 Å². The first-order valence-corrected chi connectivity index (χ1v) is 13.5. The maximum atomic E-state index is 13.3. The zero-order valence-electron chi connectivity index (χ0n) is 22.9. The number of carbonyl (C=O) groups is 1. The number of carbonyl (C=O) groups excluding carboxylic acids is 1. The Morgan fingerprint density at radius 2 is 1.05 bits per heavy atom. The summed E-state index contributed by atoms with van der Waals surface area (Å²) in [7, 11) is 0. The predicted molar refractivity (Wildman–Crippen MR) is 162 cm³/mol. The predicted octanol–water partition coefficient (Wildman–Crippen LogP) is 8.07. The second-order valence-corrected chi connectivity index (χ2v) is 11.9. The Balaban J connectivity index is 1.30. The molecule has 0 fully saturated rings. The molecule has 5 nitrogen and oxygen atoms in total. The highest BCUT2D eigenvalue weighted by molar-refractivity contribution is 6.14. The average Bonchev–Trinajstić information content (AvgIpc) is 3.44. The number of aliphatic hydroxyl groups excluding tert-OH is 2. The van der Waals surface area contributed by atoms with Gasteiger partial charge in [0.05, 0.1) is 11.1 Å². The monoisotopic (exact) mass is 526 g/mol. The Bertz CT molecular complexity index is 1940. The van der Waals surface area contributed by atoms with Gasteiger partial charge in [0.1, 0.15) is 5.76 Å². The number of Topliss-reactive ketones (excluding diaryl/α,β-unsaturated/α-hetero) is 1. The van der Waals surface area contributed by atoms with Gasteiger partial charge in [-0.2, -0.15) is 0 Å². The molecule has 0 bridgehead atoms. The minimum absolute atomic E-state index is 0.0794. The second kappa shape index (κ2) is 8.12. The van der Waals surface area contributed by atoms with Crippen LogP contribution in [-0.2, 0) is 15.6 Å². The van der Waals surface area contributed by atoms with Gasteiger partial charge in [-0.05, 0) is 57.0 Å². The van der Waals surface area contributed by atoms with Crippen molar-refractivity contribution in [2.45, 2.75) is 38.5 Å². The molecule has 0 saturated carbocycles. The van der Waals surface area contributed by atoms with Crippen LogP contribution in [0.4, 0.5) is 11.4 Å². The van der Waals surface area contributed by atoms with Gasteiger partial charge in [0.15, 0.2) is 5.76 Å². The quantitative estimate of drug-likeness (QED) is 0.212. The topological polar surface area (TPSA) is 81.6 Å². The van der Waals surface area contributed by atoms with Crippen LogP contribution in [0, 0.1) is 0 Å². The molecule has 1 aliphatic carbocycles. The maximum Gasteiger partial charge on any atom is 0.231 e. The Morgan fingerprint density at radius 1 is 0.600 bits per heavy atom. The van der Waals surface area contributed by atoms with E-state index < -0.39 is 22.4 Å². The maximum absolute atomic E-state index is 13.3. The highest BCUT2D eigenvalue weighted by Crippen LogP contribution is 2.49. The van der Waals surface area contributed by atoms with Gasteiger partial charge in [-0.3, -0.25) is 4.79 Å². The molecule has 40 heavy (non-hydrogen) atoms. The van der Waals surface area contributed by atoms with Gasteiger partial charge < -0.3 is 20.8 Å². The number of fused-ring (bicyclic) bond motifs is 6. The van der Waals surface area contributed by atoms with Gasteiger partial charge in [-0.15, -0.1) is 0 Å². The molecule has 0 amide bonds. The first-order valence-electron chi connectivity index (χ1n) is 13.5. The van der Waals surface area contributed by atoms with Gasteiger partial charge >= 0.3 is 0 Å². The molecule has 0 unspecified atom stereocenters. The number of benzene rings is 4. The molecule has 0 aromatic heterocycles. The van der Waals surface area contributed by atoms with E-state index in [2.05, 4.69) is 80.8 Å². The van der Waals surface area contributed by atoms with Crippen molar-refractivity contribution in [3.8, 4) is 0 Å². The van der Waals surface area contributed by atoms with Crippen LogP contribution < -0.4 is 10.6 Å². The molecular formula is C35H30N2O3. The third-order valence-corrected chi connectivity index (χ3v) is 8.80. The average molecular weight is 527 g/mol. The van der Waals surface area contributed by atoms with Crippen LogP contribution in [0.2, 0.25) is 0 Å². The summed E-state index contributed by atoms with van der Waals surface area (Å²) in [5.41, 5.74) is 5.15. The number of anilines is 2. The summed E-state index contributed by atoms with van der Waals surface area (Å²) in [6.07, 6.45) is 3.39. The van der Waals surface area contributed by atoms with E-state index in [9.17, 15) is 15.0 Å². The van der Waals surface area contributed by atoms with E-state index >= 15 is 0 Å². The number of hydrogen-bond acceptors (Lipinski definition) is 5. The Kier molecular flexibility index (Phi) is 4.93. The van der Waals surface area contributed by atoms with Gasteiger partial charge in [0, 0.05) is 33.6 Å². The fourth-order valence-electron chi connectivity index (χ4n) is 6.58. The van der Waals surface area contributed by atoms with Crippen LogP contribution >= 0.6 is 0 Å². The molecule has 7 rings (SSSR count). The summed E-state index contributed by atoms with van der Waals surface area (Å²) in [5, 5.41) is 33.8. The standard InChI is InChI=1S/C35H30N2O3/c1-34(2)27(36-25-15-13-19-9-5-7-11-21(19)29(25)34)17-23-31(38)24(33(40)32(23)39)18-28-35(3,4)30-22-12-8-6-10-20(22)14-16-26(30)37-28/h5-18,36-38H,1-4H3,(H,39,40)/b27-17-,28-18-. The lowest BCUT2D eigenvalue weighted by molar-refractivity contribution is -0.114. The third kappa shape index (κ3) is 3.24. The third-order valence-electron chi connectivity index (χ3n) is 8.80. The zero-order valence-corrected chi connectivity index (χ0v) is 22.9. The van der Waals surface area contributed by atoms with Crippen LogP contribution in [0.1, 0.15) is 38.8 Å². The molecule has 5 heteroatoms. The Labute approximate surface area is 232 Å². The van der Waals surface area contributed by atoms with Gasteiger partial charge in [0.25, 0.3) is 0 Å². The van der Waals surface area contributed by atoms with E-state index in [1.165, 1.54) is 0 Å². The lowest BCUT2D eigenvalue weighted by atomic mass is 9.80. The van der Waals surface area contributed by atoms with Crippen LogP contribution in [0.15, 0.2) is 119 Å². The van der Waals surface area contributed by atoms with Crippen LogP contribution in [-0.4, -0.2) is 16.0 Å². The molecule has 2 aliphatic heterocycles. The number of allylic oxidation sites excluding steroid dienone is 5. The van der Waals surface area contributed by atoms with Gasteiger partial charge in [0.2, 0.25) is 5.78 Å². The summed E-state index contributed by atoms with van der Waals surface area (Å²) in [5.74, 6) is -1.26. The first kappa shape index (κ1) is 24.3. The van der Waals surface area contributed by atoms with E-state index in [0.29, 0.717) is 0 Å².